The fourth-order valence-electron chi connectivity index (χ4n) is 1.40. The highest BCUT2D eigenvalue weighted by atomic mass is 32.2. The smallest absolute Gasteiger partial charge is 0.0968 e. The molecular formula is C11H23O5S-. The van der Waals surface area contributed by atoms with Gasteiger partial charge >= 0.3 is 0 Å². The summed E-state index contributed by atoms with van der Waals surface area (Å²) in [6.45, 7) is 6.33. The molecule has 5 nitrogen and oxygen atoms in total. The standard InChI is InChI=1S/C11H24O5S/c1-4-6-11(5-2)16-9-10(3)15-7-8-17(12,13)14/h10-11H,4-9H2,1-3H3,(H,12,13,14)/p-1. The van der Waals surface area contributed by atoms with Gasteiger partial charge in [0.05, 0.1) is 41.3 Å². The van der Waals surface area contributed by atoms with E-state index in [2.05, 4.69) is 13.8 Å². The van der Waals surface area contributed by atoms with Gasteiger partial charge in [0.15, 0.2) is 0 Å². The van der Waals surface area contributed by atoms with Crippen molar-refractivity contribution >= 4 is 10.1 Å². The number of ether oxygens (including phenoxy) is 2. The average Bonchev–Trinajstić information content (AvgIpc) is 2.22. The normalized spacial score (nSPS) is 15.8. The van der Waals surface area contributed by atoms with Gasteiger partial charge < -0.3 is 14.0 Å². The minimum Gasteiger partial charge on any atom is -0.748 e. The van der Waals surface area contributed by atoms with Crippen molar-refractivity contribution in [1.82, 2.24) is 0 Å². The Labute approximate surface area is 104 Å². The average molecular weight is 267 g/mol. The molecule has 0 bridgehead atoms. The van der Waals surface area contributed by atoms with E-state index in [1.54, 1.807) is 6.92 Å². The van der Waals surface area contributed by atoms with Crippen LogP contribution >= 0.6 is 0 Å². The van der Waals surface area contributed by atoms with Gasteiger partial charge in [-0.3, -0.25) is 0 Å². The first-order valence-electron chi connectivity index (χ1n) is 6.05. The lowest BCUT2D eigenvalue weighted by Gasteiger charge is -2.19. The Hall–Kier alpha value is -0.170. The molecule has 0 saturated heterocycles. The first kappa shape index (κ1) is 16.8. The molecule has 0 aliphatic carbocycles. The molecule has 0 aromatic heterocycles. The zero-order chi connectivity index (χ0) is 13.3. The molecule has 0 aliphatic rings. The van der Waals surface area contributed by atoms with E-state index >= 15 is 0 Å². The highest BCUT2D eigenvalue weighted by Gasteiger charge is 2.09. The van der Waals surface area contributed by atoms with Crippen molar-refractivity contribution in [3.05, 3.63) is 0 Å². The quantitative estimate of drug-likeness (QED) is 0.561. The fraction of sp³-hybridized carbons (Fsp3) is 1.00. The minimum absolute atomic E-state index is 0.0685. The summed E-state index contributed by atoms with van der Waals surface area (Å²) >= 11 is 0. The minimum atomic E-state index is -4.18. The lowest BCUT2D eigenvalue weighted by Crippen LogP contribution is -2.23. The van der Waals surface area contributed by atoms with Crippen molar-refractivity contribution in [1.29, 1.82) is 0 Å². The van der Waals surface area contributed by atoms with Crippen molar-refractivity contribution < 1.29 is 22.4 Å². The molecule has 2 atom stereocenters. The van der Waals surface area contributed by atoms with Crippen LogP contribution in [0.4, 0.5) is 0 Å². The molecule has 0 aromatic carbocycles. The molecule has 0 heterocycles. The van der Waals surface area contributed by atoms with E-state index in [4.69, 9.17) is 9.47 Å². The van der Waals surface area contributed by atoms with E-state index in [1.165, 1.54) is 0 Å². The molecule has 0 amide bonds. The molecular weight excluding hydrogens is 244 g/mol. The molecule has 0 rings (SSSR count). The highest BCUT2D eigenvalue weighted by molar-refractivity contribution is 7.85. The Balaban J connectivity index is 3.68. The van der Waals surface area contributed by atoms with Crippen LogP contribution < -0.4 is 0 Å². The largest absolute Gasteiger partial charge is 0.748 e. The van der Waals surface area contributed by atoms with Gasteiger partial charge in [-0.25, -0.2) is 8.42 Å². The van der Waals surface area contributed by atoms with Crippen molar-refractivity contribution in [3.8, 4) is 0 Å². The van der Waals surface area contributed by atoms with Crippen LogP contribution in [0.15, 0.2) is 0 Å². The zero-order valence-corrected chi connectivity index (χ0v) is 11.7. The van der Waals surface area contributed by atoms with Gasteiger partial charge in [-0.2, -0.15) is 0 Å². The van der Waals surface area contributed by atoms with Crippen molar-refractivity contribution in [2.75, 3.05) is 19.0 Å². The Morgan fingerprint density at radius 1 is 1.24 bits per heavy atom. The molecule has 0 spiro atoms. The molecule has 2 unspecified atom stereocenters. The lowest BCUT2D eigenvalue weighted by atomic mass is 10.1. The Morgan fingerprint density at radius 3 is 2.35 bits per heavy atom. The molecule has 0 saturated carbocycles. The summed E-state index contributed by atoms with van der Waals surface area (Å²) in [6.07, 6.45) is 3.08. The third-order valence-corrected chi connectivity index (χ3v) is 3.03. The second-order valence-electron chi connectivity index (χ2n) is 4.10. The predicted octanol–water partition coefficient (Wildman–Crippen LogP) is 1.53. The van der Waals surface area contributed by atoms with Gasteiger partial charge in [-0.1, -0.05) is 20.3 Å². The Morgan fingerprint density at radius 2 is 1.88 bits per heavy atom. The van der Waals surface area contributed by atoms with Crippen LogP contribution in [0.1, 0.15) is 40.0 Å². The van der Waals surface area contributed by atoms with Gasteiger partial charge in [0.25, 0.3) is 0 Å². The first-order chi connectivity index (χ1) is 7.89. The molecule has 104 valence electrons. The second-order valence-corrected chi connectivity index (χ2v) is 5.62. The molecule has 0 fully saturated rings. The number of hydrogen-bond donors (Lipinski definition) is 0. The van der Waals surface area contributed by atoms with Crippen molar-refractivity contribution in [3.63, 3.8) is 0 Å². The summed E-state index contributed by atoms with van der Waals surface area (Å²) in [4.78, 5) is 0. The van der Waals surface area contributed by atoms with Gasteiger partial charge in [-0.05, 0) is 19.8 Å². The van der Waals surface area contributed by atoms with Gasteiger partial charge in [0, 0.05) is 0 Å². The summed E-state index contributed by atoms with van der Waals surface area (Å²) in [5.41, 5.74) is 0. The summed E-state index contributed by atoms with van der Waals surface area (Å²) in [7, 11) is -4.18. The first-order valence-corrected chi connectivity index (χ1v) is 7.63. The van der Waals surface area contributed by atoms with Crippen LogP contribution in [-0.4, -0.2) is 44.1 Å². The number of hydrogen-bond acceptors (Lipinski definition) is 5. The van der Waals surface area contributed by atoms with E-state index in [0.29, 0.717) is 6.61 Å². The SMILES string of the molecule is CCCC(CC)OCC(C)OCCS(=O)(=O)[O-]. The maximum absolute atomic E-state index is 10.3. The van der Waals surface area contributed by atoms with E-state index in [-0.39, 0.29) is 18.8 Å². The summed E-state index contributed by atoms with van der Waals surface area (Å²) in [5, 5.41) is 0. The summed E-state index contributed by atoms with van der Waals surface area (Å²) in [6, 6.07) is 0. The topological polar surface area (TPSA) is 75.7 Å². The monoisotopic (exact) mass is 267 g/mol. The third-order valence-electron chi connectivity index (χ3n) is 2.37. The molecule has 0 aromatic rings. The fourth-order valence-corrected chi connectivity index (χ4v) is 1.70. The molecule has 6 heteroatoms. The maximum Gasteiger partial charge on any atom is 0.0968 e. The molecule has 0 N–H and O–H groups in total. The Kier molecular flexibility index (Phi) is 8.77. The van der Waals surface area contributed by atoms with Gasteiger partial charge in [-0.15, -0.1) is 0 Å². The van der Waals surface area contributed by atoms with E-state index < -0.39 is 15.9 Å². The van der Waals surface area contributed by atoms with Crippen molar-refractivity contribution in [2.24, 2.45) is 0 Å². The molecule has 0 aliphatic heterocycles. The third kappa shape index (κ3) is 10.7. The van der Waals surface area contributed by atoms with Crippen LogP contribution in [0.3, 0.4) is 0 Å². The highest BCUT2D eigenvalue weighted by Crippen LogP contribution is 2.07. The van der Waals surface area contributed by atoms with Crippen LogP contribution in [0, 0.1) is 0 Å². The van der Waals surface area contributed by atoms with Crippen LogP contribution in [0.5, 0.6) is 0 Å². The van der Waals surface area contributed by atoms with Crippen LogP contribution in [0.25, 0.3) is 0 Å². The predicted molar refractivity (Wildman–Crippen MR) is 64.9 cm³/mol. The Bertz CT molecular complexity index is 276. The van der Waals surface area contributed by atoms with Gasteiger partial charge in [0.2, 0.25) is 0 Å². The van der Waals surface area contributed by atoms with E-state index in [9.17, 15) is 13.0 Å². The molecule has 17 heavy (non-hydrogen) atoms. The van der Waals surface area contributed by atoms with Gasteiger partial charge in [0.1, 0.15) is 0 Å². The van der Waals surface area contributed by atoms with Crippen LogP contribution in [-0.2, 0) is 19.6 Å². The maximum atomic E-state index is 10.3. The van der Waals surface area contributed by atoms with E-state index in [1.807, 2.05) is 0 Å². The lowest BCUT2D eigenvalue weighted by molar-refractivity contribution is -0.0362. The molecule has 0 radical (unpaired) electrons. The number of rotatable bonds is 10. The second kappa shape index (κ2) is 8.85. The summed E-state index contributed by atoms with van der Waals surface area (Å²) < 4.78 is 41.8. The summed E-state index contributed by atoms with van der Waals surface area (Å²) in [5.74, 6) is -0.483. The zero-order valence-electron chi connectivity index (χ0n) is 10.8. The van der Waals surface area contributed by atoms with E-state index in [0.717, 1.165) is 19.3 Å². The van der Waals surface area contributed by atoms with Crippen molar-refractivity contribution in [2.45, 2.75) is 52.2 Å². The van der Waals surface area contributed by atoms with Crippen LogP contribution in [0.2, 0.25) is 0 Å².